The van der Waals surface area contributed by atoms with E-state index in [4.69, 9.17) is 16.3 Å². The summed E-state index contributed by atoms with van der Waals surface area (Å²) in [5, 5.41) is 2.21. The zero-order valence-electron chi connectivity index (χ0n) is 18.8. The number of halogens is 1. The van der Waals surface area contributed by atoms with Gasteiger partial charge in [0.05, 0.1) is 18.1 Å². The normalized spacial score (nSPS) is 15.3. The van der Waals surface area contributed by atoms with Crippen molar-refractivity contribution in [2.75, 3.05) is 45.3 Å². The van der Waals surface area contributed by atoms with Crippen molar-refractivity contribution in [2.45, 2.75) is 24.3 Å². The number of fused-ring (bicyclic) bond motifs is 1. The van der Waals surface area contributed by atoms with E-state index >= 15 is 0 Å². The number of benzene rings is 3. The molecule has 1 aliphatic heterocycles. The van der Waals surface area contributed by atoms with Crippen LogP contribution in [-0.2, 0) is 27.7 Å². The Morgan fingerprint density at radius 2 is 1.67 bits per heavy atom. The van der Waals surface area contributed by atoms with Crippen LogP contribution >= 0.6 is 11.6 Å². The lowest BCUT2D eigenvalue weighted by atomic mass is 10.0. The van der Waals surface area contributed by atoms with Gasteiger partial charge in [0.15, 0.2) is 0 Å². The number of nitrogens with zero attached hydrogens (tertiary/aromatic N) is 2. The SMILES string of the molecule is O=S(=O)(c1ccc(CCCl)cc1)N(CCCN1CCOCC1)Cc1cccc2ccccc12. The van der Waals surface area contributed by atoms with Crippen LogP contribution in [0.5, 0.6) is 0 Å². The molecule has 0 aliphatic carbocycles. The van der Waals surface area contributed by atoms with Gasteiger partial charge in [-0.05, 0) is 53.4 Å². The third-order valence-corrected chi connectivity index (χ3v) is 8.20. The van der Waals surface area contributed by atoms with Crippen molar-refractivity contribution >= 4 is 32.4 Å². The van der Waals surface area contributed by atoms with Crippen molar-refractivity contribution in [3.05, 3.63) is 77.9 Å². The first-order valence-corrected chi connectivity index (χ1v) is 13.5. The van der Waals surface area contributed by atoms with E-state index in [1.807, 2.05) is 36.4 Å². The molecule has 33 heavy (non-hydrogen) atoms. The van der Waals surface area contributed by atoms with Crippen molar-refractivity contribution < 1.29 is 13.2 Å². The molecule has 1 fully saturated rings. The molecule has 0 atom stereocenters. The van der Waals surface area contributed by atoms with Gasteiger partial charge in [0.25, 0.3) is 0 Å². The van der Waals surface area contributed by atoms with Gasteiger partial charge < -0.3 is 4.74 Å². The lowest BCUT2D eigenvalue weighted by molar-refractivity contribution is 0.0368. The van der Waals surface area contributed by atoms with Crippen molar-refractivity contribution in [3.63, 3.8) is 0 Å². The molecule has 4 rings (SSSR count). The molecule has 0 saturated carbocycles. The van der Waals surface area contributed by atoms with E-state index in [0.717, 1.165) is 67.6 Å². The molecule has 1 aliphatic rings. The second kappa shape index (κ2) is 11.4. The van der Waals surface area contributed by atoms with Crippen LogP contribution in [0, 0.1) is 0 Å². The summed E-state index contributed by atoms with van der Waals surface area (Å²) >= 11 is 5.84. The van der Waals surface area contributed by atoms with E-state index in [9.17, 15) is 8.42 Å². The Morgan fingerprint density at radius 1 is 0.939 bits per heavy atom. The molecule has 3 aromatic carbocycles. The van der Waals surface area contributed by atoms with Crippen LogP contribution in [-0.4, -0.2) is 62.9 Å². The lowest BCUT2D eigenvalue weighted by Crippen LogP contribution is -2.39. The first-order valence-electron chi connectivity index (χ1n) is 11.5. The Bertz CT molecular complexity index is 1140. The summed E-state index contributed by atoms with van der Waals surface area (Å²) in [6.45, 7) is 4.96. The molecule has 5 nitrogen and oxygen atoms in total. The monoisotopic (exact) mass is 486 g/mol. The molecule has 0 bridgehead atoms. The van der Waals surface area contributed by atoms with Gasteiger partial charge in [-0.3, -0.25) is 4.90 Å². The molecule has 3 aromatic rings. The molecule has 7 heteroatoms. The summed E-state index contributed by atoms with van der Waals surface area (Å²) in [7, 11) is -3.65. The average Bonchev–Trinajstić information content (AvgIpc) is 2.85. The highest BCUT2D eigenvalue weighted by atomic mass is 35.5. The Balaban J connectivity index is 1.58. The van der Waals surface area contributed by atoms with Gasteiger partial charge in [-0.1, -0.05) is 54.6 Å². The molecule has 1 heterocycles. The van der Waals surface area contributed by atoms with Crippen LogP contribution in [0.4, 0.5) is 0 Å². The third-order valence-electron chi connectivity index (χ3n) is 6.16. The Morgan fingerprint density at radius 3 is 2.42 bits per heavy atom. The second-order valence-corrected chi connectivity index (χ2v) is 10.7. The van der Waals surface area contributed by atoms with Crippen LogP contribution < -0.4 is 0 Å². The fourth-order valence-corrected chi connectivity index (χ4v) is 5.96. The molecule has 0 unspecified atom stereocenters. The predicted octanol–water partition coefficient (Wildman–Crippen LogP) is 4.53. The van der Waals surface area contributed by atoms with Crippen LogP contribution in [0.3, 0.4) is 0 Å². The largest absolute Gasteiger partial charge is 0.379 e. The van der Waals surface area contributed by atoms with Gasteiger partial charge in [-0.25, -0.2) is 8.42 Å². The summed E-state index contributed by atoms with van der Waals surface area (Å²) in [5.74, 6) is 0.515. The first-order chi connectivity index (χ1) is 16.1. The number of sulfonamides is 1. The van der Waals surface area contributed by atoms with Crippen molar-refractivity contribution in [1.82, 2.24) is 9.21 Å². The van der Waals surface area contributed by atoms with Crippen molar-refractivity contribution in [3.8, 4) is 0 Å². The fraction of sp³-hybridized carbons (Fsp3) is 0.385. The highest BCUT2D eigenvalue weighted by Gasteiger charge is 2.25. The average molecular weight is 487 g/mol. The minimum atomic E-state index is -3.65. The number of morpholine rings is 1. The van der Waals surface area contributed by atoms with Gasteiger partial charge in [0, 0.05) is 32.1 Å². The van der Waals surface area contributed by atoms with E-state index in [1.165, 1.54) is 0 Å². The van der Waals surface area contributed by atoms with E-state index in [0.29, 0.717) is 23.9 Å². The zero-order chi connectivity index (χ0) is 23.1. The number of hydrogen-bond donors (Lipinski definition) is 0. The smallest absolute Gasteiger partial charge is 0.243 e. The predicted molar refractivity (Wildman–Crippen MR) is 134 cm³/mol. The topological polar surface area (TPSA) is 49.9 Å². The fourth-order valence-electron chi connectivity index (χ4n) is 4.29. The minimum Gasteiger partial charge on any atom is -0.379 e. The molecule has 176 valence electrons. The number of hydrogen-bond acceptors (Lipinski definition) is 4. The zero-order valence-corrected chi connectivity index (χ0v) is 20.4. The quantitative estimate of drug-likeness (QED) is 0.395. The van der Waals surface area contributed by atoms with Crippen molar-refractivity contribution in [1.29, 1.82) is 0 Å². The summed E-state index contributed by atoms with van der Waals surface area (Å²) in [6.07, 6.45) is 1.50. The second-order valence-electron chi connectivity index (χ2n) is 8.37. The standard InChI is InChI=1S/C26H31ClN2O3S/c27-14-13-22-9-11-25(12-10-22)33(30,31)29(16-4-15-28-17-19-32-20-18-28)21-24-7-3-6-23-5-1-2-8-26(23)24/h1-3,5-12H,4,13-21H2. The lowest BCUT2D eigenvalue weighted by Gasteiger charge is -2.28. The molecule has 0 amide bonds. The summed E-state index contributed by atoms with van der Waals surface area (Å²) in [4.78, 5) is 2.67. The highest BCUT2D eigenvalue weighted by molar-refractivity contribution is 7.89. The Labute approximate surface area is 202 Å². The maximum atomic E-state index is 13.7. The molecule has 0 spiro atoms. The minimum absolute atomic E-state index is 0.326. The molecule has 0 aromatic heterocycles. The van der Waals surface area contributed by atoms with Gasteiger partial charge >= 0.3 is 0 Å². The number of ether oxygens (including phenoxy) is 1. The summed E-state index contributed by atoms with van der Waals surface area (Å²) in [5.41, 5.74) is 2.05. The van der Waals surface area contributed by atoms with E-state index in [-0.39, 0.29) is 0 Å². The van der Waals surface area contributed by atoms with Gasteiger partial charge in [0.1, 0.15) is 0 Å². The van der Waals surface area contributed by atoms with E-state index in [2.05, 4.69) is 23.1 Å². The Kier molecular flexibility index (Phi) is 8.39. The van der Waals surface area contributed by atoms with Crippen molar-refractivity contribution in [2.24, 2.45) is 0 Å². The molecule has 0 N–H and O–H groups in total. The first kappa shape index (κ1) is 24.2. The van der Waals surface area contributed by atoms with Gasteiger partial charge in [-0.2, -0.15) is 4.31 Å². The van der Waals surface area contributed by atoms with E-state index < -0.39 is 10.0 Å². The highest BCUT2D eigenvalue weighted by Crippen LogP contribution is 2.24. The molecular formula is C26H31ClN2O3S. The molecular weight excluding hydrogens is 456 g/mol. The molecule has 1 saturated heterocycles. The Hall–Kier alpha value is -1.96. The number of aryl methyl sites for hydroxylation is 1. The van der Waals surface area contributed by atoms with Gasteiger partial charge in [-0.15, -0.1) is 11.6 Å². The number of alkyl halides is 1. The third kappa shape index (κ3) is 6.14. The van der Waals surface area contributed by atoms with Crippen LogP contribution in [0.25, 0.3) is 10.8 Å². The van der Waals surface area contributed by atoms with E-state index in [1.54, 1.807) is 16.4 Å². The summed E-state index contributed by atoms with van der Waals surface area (Å²) in [6, 6.07) is 21.3. The van der Waals surface area contributed by atoms with Crippen LogP contribution in [0.2, 0.25) is 0 Å². The van der Waals surface area contributed by atoms with Crippen LogP contribution in [0.15, 0.2) is 71.6 Å². The van der Waals surface area contributed by atoms with Gasteiger partial charge in [0.2, 0.25) is 10.0 Å². The maximum Gasteiger partial charge on any atom is 0.243 e. The molecule has 0 radical (unpaired) electrons. The summed E-state index contributed by atoms with van der Waals surface area (Å²) < 4.78 is 34.4. The number of rotatable bonds is 10. The maximum absolute atomic E-state index is 13.7. The van der Waals surface area contributed by atoms with Crippen LogP contribution in [0.1, 0.15) is 17.5 Å².